The number of rotatable bonds is 5. The topological polar surface area (TPSA) is 91.7 Å². The van der Waals surface area contributed by atoms with Crippen molar-refractivity contribution in [3.05, 3.63) is 23.0 Å². The molecule has 8 heteroatoms. The number of anilines is 1. The van der Waals surface area contributed by atoms with Crippen molar-refractivity contribution in [2.45, 2.75) is 53.1 Å². The predicted molar refractivity (Wildman–Crippen MR) is 90.7 cm³/mol. The maximum atomic E-state index is 12.5. The number of hydrogen-bond acceptors (Lipinski definition) is 5. The number of carbonyl (C=O) groups excluding carboxylic acids is 1. The van der Waals surface area contributed by atoms with Crippen molar-refractivity contribution >= 4 is 11.6 Å². The molecule has 2 aromatic heterocycles. The maximum Gasteiger partial charge on any atom is 0.238 e. The van der Waals surface area contributed by atoms with E-state index in [4.69, 9.17) is 0 Å². The van der Waals surface area contributed by atoms with Gasteiger partial charge in [0, 0.05) is 6.54 Å². The van der Waals surface area contributed by atoms with E-state index in [2.05, 4.69) is 30.5 Å². The number of carbonyl (C=O) groups is 1. The van der Waals surface area contributed by atoms with E-state index >= 15 is 0 Å². The van der Waals surface area contributed by atoms with E-state index in [9.17, 15) is 4.79 Å². The van der Waals surface area contributed by atoms with E-state index in [0.29, 0.717) is 6.54 Å². The minimum Gasteiger partial charge on any atom is -0.322 e. The highest BCUT2D eigenvalue weighted by molar-refractivity contribution is 5.93. The highest BCUT2D eigenvalue weighted by atomic mass is 16.2. The minimum absolute atomic E-state index is 0.0176. The SMILES string of the molecule is CCn1nc(C)c(NC(=O)CN2CCC[C@H]2c2n[nH]c(C)n2)c1C. The Hall–Kier alpha value is -2.22. The molecule has 0 aliphatic carbocycles. The lowest BCUT2D eigenvalue weighted by Gasteiger charge is -2.21. The zero-order valence-electron chi connectivity index (χ0n) is 14.8. The molecule has 0 aromatic carbocycles. The molecule has 1 saturated heterocycles. The lowest BCUT2D eigenvalue weighted by atomic mass is 10.2. The van der Waals surface area contributed by atoms with E-state index in [1.807, 2.05) is 32.4 Å². The van der Waals surface area contributed by atoms with Crippen molar-refractivity contribution in [3.8, 4) is 0 Å². The van der Waals surface area contributed by atoms with Gasteiger partial charge in [-0.2, -0.15) is 10.2 Å². The van der Waals surface area contributed by atoms with Crippen LogP contribution in [0.15, 0.2) is 0 Å². The van der Waals surface area contributed by atoms with Crippen LogP contribution in [0.25, 0.3) is 0 Å². The van der Waals surface area contributed by atoms with Gasteiger partial charge >= 0.3 is 0 Å². The predicted octanol–water partition coefficient (Wildman–Crippen LogP) is 1.72. The second-order valence-corrected chi connectivity index (χ2v) is 6.32. The third kappa shape index (κ3) is 3.19. The van der Waals surface area contributed by atoms with E-state index in [1.165, 1.54) is 0 Å². The molecule has 1 aliphatic rings. The molecule has 1 aliphatic heterocycles. The summed E-state index contributed by atoms with van der Waals surface area (Å²) in [6, 6.07) is 0.112. The third-order valence-electron chi connectivity index (χ3n) is 4.57. The Morgan fingerprint density at radius 1 is 1.38 bits per heavy atom. The van der Waals surface area contributed by atoms with Gasteiger partial charge in [-0.15, -0.1) is 0 Å². The summed E-state index contributed by atoms with van der Waals surface area (Å²) in [5.74, 6) is 1.57. The molecular weight excluding hydrogens is 306 g/mol. The molecule has 0 bridgehead atoms. The fourth-order valence-corrected chi connectivity index (χ4v) is 3.37. The van der Waals surface area contributed by atoms with Gasteiger partial charge < -0.3 is 5.32 Å². The van der Waals surface area contributed by atoms with Gasteiger partial charge in [-0.1, -0.05) is 0 Å². The Bertz CT molecular complexity index is 733. The summed E-state index contributed by atoms with van der Waals surface area (Å²) in [4.78, 5) is 19.1. The van der Waals surface area contributed by atoms with Crippen LogP contribution in [0.2, 0.25) is 0 Å². The fraction of sp³-hybridized carbons (Fsp3) is 0.625. The highest BCUT2D eigenvalue weighted by Crippen LogP contribution is 2.29. The molecule has 0 unspecified atom stereocenters. The molecule has 8 nitrogen and oxygen atoms in total. The van der Waals surface area contributed by atoms with Gasteiger partial charge in [0.1, 0.15) is 5.82 Å². The van der Waals surface area contributed by atoms with Gasteiger partial charge in [-0.05, 0) is 47.1 Å². The summed E-state index contributed by atoms with van der Waals surface area (Å²) >= 11 is 0. The zero-order chi connectivity index (χ0) is 17.3. The minimum atomic E-state index is -0.0176. The van der Waals surface area contributed by atoms with Gasteiger partial charge in [0.2, 0.25) is 5.91 Å². The van der Waals surface area contributed by atoms with Gasteiger partial charge in [-0.25, -0.2) is 4.98 Å². The van der Waals surface area contributed by atoms with Crippen LogP contribution in [-0.4, -0.2) is 48.9 Å². The Balaban J connectivity index is 1.67. The normalized spacial score (nSPS) is 18.2. The van der Waals surface area contributed by atoms with Crippen LogP contribution in [0.3, 0.4) is 0 Å². The fourth-order valence-electron chi connectivity index (χ4n) is 3.37. The van der Waals surface area contributed by atoms with E-state index in [-0.39, 0.29) is 11.9 Å². The lowest BCUT2D eigenvalue weighted by Crippen LogP contribution is -2.33. The Kier molecular flexibility index (Phi) is 4.66. The largest absolute Gasteiger partial charge is 0.322 e. The number of aromatic amines is 1. The first kappa shape index (κ1) is 16.6. The molecule has 1 fully saturated rings. The summed E-state index contributed by atoms with van der Waals surface area (Å²) in [5, 5.41) is 14.6. The average Bonchev–Trinajstić information content (AvgIpc) is 3.23. The Morgan fingerprint density at radius 2 is 2.17 bits per heavy atom. The number of aromatic nitrogens is 5. The lowest BCUT2D eigenvalue weighted by molar-refractivity contribution is -0.117. The molecule has 1 amide bonds. The van der Waals surface area contributed by atoms with Crippen molar-refractivity contribution < 1.29 is 4.79 Å². The van der Waals surface area contributed by atoms with Crippen LogP contribution in [0, 0.1) is 20.8 Å². The summed E-state index contributed by atoms with van der Waals surface area (Å²) in [7, 11) is 0. The van der Waals surface area contributed by atoms with Crippen molar-refractivity contribution in [2.24, 2.45) is 0 Å². The first-order valence-corrected chi connectivity index (χ1v) is 8.46. The Morgan fingerprint density at radius 3 is 2.79 bits per heavy atom. The number of H-pyrrole nitrogens is 1. The smallest absolute Gasteiger partial charge is 0.238 e. The summed E-state index contributed by atoms with van der Waals surface area (Å²) in [5.41, 5.74) is 2.67. The highest BCUT2D eigenvalue weighted by Gasteiger charge is 2.30. The maximum absolute atomic E-state index is 12.5. The van der Waals surface area contributed by atoms with Crippen LogP contribution in [0.5, 0.6) is 0 Å². The zero-order valence-corrected chi connectivity index (χ0v) is 14.8. The van der Waals surface area contributed by atoms with Crippen molar-refractivity contribution in [1.82, 2.24) is 29.9 Å². The third-order valence-corrected chi connectivity index (χ3v) is 4.57. The standard InChI is InChI=1S/C16H25N7O/c1-5-23-11(3)15(10(2)21-23)18-14(24)9-22-8-6-7-13(22)16-17-12(4)19-20-16/h13H,5-9H2,1-4H3,(H,18,24)(H,17,19,20)/t13-/m0/s1. The van der Waals surface area contributed by atoms with Crippen LogP contribution >= 0.6 is 0 Å². The number of nitrogens with zero attached hydrogens (tertiary/aromatic N) is 5. The van der Waals surface area contributed by atoms with Crippen LogP contribution in [-0.2, 0) is 11.3 Å². The van der Waals surface area contributed by atoms with Crippen molar-refractivity contribution in [1.29, 1.82) is 0 Å². The van der Waals surface area contributed by atoms with Gasteiger partial charge in [-0.3, -0.25) is 19.5 Å². The first-order valence-electron chi connectivity index (χ1n) is 8.46. The molecule has 0 radical (unpaired) electrons. The first-order chi connectivity index (χ1) is 11.5. The van der Waals surface area contributed by atoms with Gasteiger partial charge in [0.15, 0.2) is 5.82 Å². The van der Waals surface area contributed by atoms with E-state index in [0.717, 1.165) is 54.7 Å². The summed E-state index contributed by atoms with van der Waals surface area (Å²) < 4.78 is 1.90. The molecule has 0 spiro atoms. The summed E-state index contributed by atoms with van der Waals surface area (Å²) in [6.07, 6.45) is 2.04. The number of likely N-dealkylation sites (tertiary alicyclic amines) is 1. The molecule has 3 heterocycles. The van der Waals surface area contributed by atoms with Crippen LogP contribution < -0.4 is 5.32 Å². The van der Waals surface area contributed by atoms with Crippen LogP contribution in [0.1, 0.15) is 48.8 Å². The quantitative estimate of drug-likeness (QED) is 0.870. The molecule has 0 saturated carbocycles. The molecule has 1 atom stereocenters. The molecule has 2 N–H and O–H groups in total. The molecular formula is C16H25N7O. The Labute approximate surface area is 141 Å². The number of nitrogens with one attached hydrogen (secondary N) is 2. The molecule has 2 aromatic rings. The van der Waals surface area contributed by atoms with Crippen LogP contribution in [0.4, 0.5) is 5.69 Å². The number of amides is 1. The summed E-state index contributed by atoms with van der Waals surface area (Å²) in [6.45, 7) is 9.85. The number of aryl methyl sites for hydroxylation is 3. The van der Waals surface area contributed by atoms with Gasteiger partial charge in [0.05, 0.1) is 29.7 Å². The second kappa shape index (κ2) is 6.72. The molecule has 130 valence electrons. The molecule has 24 heavy (non-hydrogen) atoms. The van der Waals surface area contributed by atoms with Gasteiger partial charge in [0.25, 0.3) is 0 Å². The monoisotopic (exact) mass is 331 g/mol. The average molecular weight is 331 g/mol. The second-order valence-electron chi connectivity index (χ2n) is 6.32. The van der Waals surface area contributed by atoms with E-state index in [1.54, 1.807) is 0 Å². The number of hydrogen-bond donors (Lipinski definition) is 2. The van der Waals surface area contributed by atoms with Crippen molar-refractivity contribution in [3.63, 3.8) is 0 Å². The molecule has 3 rings (SSSR count). The van der Waals surface area contributed by atoms with Crippen molar-refractivity contribution in [2.75, 3.05) is 18.4 Å². The van der Waals surface area contributed by atoms with E-state index < -0.39 is 0 Å².